The number of hydrogen-bond acceptors (Lipinski definition) is 2. The Morgan fingerprint density at radius 1 is 0.591 bits per heavy atom. The maximum atomic E-state index is 5.10. The molecule has 3 saturated heterocycles. The summed E-state index contributed by atoms with van der Waals surface area (Å²) in [5, 5.41) is 14.5. The van der Waals surface area contributed by atoms with Crippen molar-refractivity contribution in [1.82, 2.24) is 21.3 Å². The summed E-state index contributed by atoms with van der Waals surface area (Å²) in [6.45, 7) is 11.2. The van der Waals surface area contributed by atoms with Gasteiger partial charge in [0.2, 0.25) is 13.3 Å². The molecule has 0 radical (unpaired) electrons. The van der Waals surface area contributed by atoms with Crippen molar-refractivity contribution in [3.8, 4) is 0 Å². The zero-order valence-electron chi connectivity index (χ0n) is 12.9. The van der Waals surface area contributed by atoms with Crippen LogP contribution in [0.4, 0.5) is 0 Å². The Labute approximate surface area is 142 Å². The first-order valence-electron chi connectivity index (χ1n) is 8.07. The van der Waals surface area contributed by atoms with E-state index >= 15 is 0 Å². The Balaban J connectivity index is 1.34. The second-order valence-corrected chi connectivity index (χ2v) is 7.24. The smallest absolute Gasteiger partial charge is 0.207 e. The van der Waals surface area contributed by atoms with Crippen molar-refractivity contribution >= 4 is 34.7 Å². The fourth-order valence-electron chi connectivity index (χ4n) is 3.34. The summed E-state index contributed by atoms with van der Waals surface area (Å²) < 4.78 is 0. The zero-order valence-corrected chi connectivity index (χ0v) is 14.5. The number of piperazine rings is 1. The first kappa shape index (κ1) is 16.1. The molecule has 8 nitrogen and oxygen atoms in total. The van der Waals surface area contributed by atoms with Crippen LogP contribution in [0.5, 0.6) is 0 Å². The minimum Gasteiger partial charge on any atom is -0.316 e. The fraction of sp³-hybridized carbons (Fsp3) is 0.833. The quantitative estimate of drug-likeness (QED) is 0.242. The summed E-state index contributed by atoms with van der Waals surface area (Å²) in [6.07, 6.45) is 0. The van der Waals surface area contributed by atoms with E-state index in [1.807, 2.05) is 0 Å². The van der Waals surface area contributed by atoms with Crippen LogP contribution in [0, 0.1) is 0 Å². The second-order valence-electron chi connectivity index (χ2n) is 6.43. The maximum absolute atomic E-state index is 5.10. The Morgan fingerprint density at radius 2 is 0.909 bits per heavy atom. The summed E-state index contributed by atoms with van der Waals surface area (Å²) >= 11 is 10.2. The lowest BCUT2D eigenvalue weighted by atomic mass is 10.3. The van der Waals surface area contributed by atoms with Gasteiger partial charge < -0.3 is 21.3 Å². The Hall–Kier alpha value is -0.780. The highest BCUT2D eigenvalue weighted by Gasteiger charge is 2.29. The van der Waals surface area contributed by atoms with Gasteiger partial charge in [0, 0.05) is 0 Å². The predicted octanol–water partition coefficient (Wildman–Crippen LogP) is -7.76. The lowest BCUT2D eigenvalue weighted by Crippen LogP contribution is -3.41. The fourth-order valence-corrected chi connectivity index (χ4v) is 3.63. The minimum absolute atomic E-state index is 0.791. The first-order chi connectivity index (χ1) is 10.7. The standard InChI is InChI=1S/C12H24N8S2/c21-11-13-5-19(6-14-11)9-17-1-2-18(4-3-17)10-20-7-15-12(22)16-8-20/h1-10H2,(H2,13,14,21)(H2,15,16,22)/p+4. The van der Waals surface area contributed by atoms with Crippen molar-refractivity contribution in [1.29, 1.82) is 0 Å². The van der Waals surface area contributed by atoms with Gasteiger partial charge in [-0.2, -0.15) is 0 Å². The molecule has 3 rings (SSSR count). The zero-order chi connectivity index (χ0) is 15.4. The number of thiocarbonyl (C=S) groups is 2. The van der Waals surface area contributed by atoms with Crippen molar-refractivity contribution in [3.63, 3.8) is 0 Å². The van der Waals surface area contributed by atoms with Gasteiger partial charge >= 0.3 is 0 Å². The summed E-state index contributed by atoms with van der Waals surface area (Å²) in [6, 6.07) is 0. The van der Waals surface area contributed by atoms with Crippen LogP contribution in [0.1, 0.15) is 0 Å². The average molecular weight is 349 g/mol. The molecule has 0 aliphatic carbocycles. The summed E-state index contributed by atoms with van der Waals surface area (Å²) in [5.41, 5.74) is 0. The van der Waals surface area contributed by atoms with Crippen LogP contribution in [-0.4, -0.2) is 76.4 Å². The van der Waals surface area contributed by atoms with E-state index in [0.29, 0.717) is 0 Å². The number of nitrogens with one attached hydrogen (secondary N) is 8. The molecule has 0 aromatic carbocycles. The highest BCUT2D eigenvalue weighted by atomic mass is 32.1. The van der Waals surface area contributed by atoms with Crippen LogP contribution >= 0.6 is 24.4 Å². The molecule has 0 aromatic heterocycles. The molecule has 0 aromatic rings. The van der Waals surface area contributed by atoms with Crippen LogP contribution in [0.15, 0.2) is 0 Å². The molecule has 3 aliphatic heterocycles. The van der Waals surface area contributed by atoms with Gasteiger partial charge in [-0.25, -0.2) is 0 Å². The van der Waals surface area contributed by atoms with E-state index in [1.165, 1.54) is 49.3 Å². The molecule has 0 amide bonds. The van der Waals surface area contributed by atoms with E-state index < -0.39 is 0 Å². The number of hydrogen-bond donors (Lipinski definition) is 8. The molecule has 0 atom stereocenters. The molecule has 0 unspecified atom stereocenters. The Morgan fingerprint density at radius 3 is 1.23 bits per heavy atom. The summed E-state index contributed by atoms with van der Waals surface area (Å²) in [7, 11) is 0. The Bertz CT molecular complexity index is 354. The van der Waals surface area contributed by atoms with Gasteiger partial charge in [-0.05, 0) is 24.4 Å². The van der Waals surface area contributed by atoms with Gasteiger partial charge in [-0.3, -0.25) is 19.6 Å². The van der Waals surface area contributed by atoms with Crippen molar-refractivity contribution in [2.75, 3.05) is 66.2 Å². The van der Waals surface area contributed by atoms with E-state index in [1.54, 1.807) is 9.80 Å². The molecule has 124 valence electrons. The molecule has 3 heterocycles. The highest BCUT2D eigenvalue weighted by Crippen LogP contribution is 1.66. The molecular formula is C12H28N8S2+4. The lowest BCUT2D eigenvalue weighted by molar-refractivity contribution is -1.15. The third-order valence-electron chi connectivity index (χ3n) is 4.66. The molecular weight excluding hydrogens is 320 g/mol. The molecule has 3 aliphatic rings. The molecule has 8 N–H and O–H groups in total. The molecule has 3 fully saturated rings. The van der Waals surface area contributed by atoms with Crippen molar-refractivity contribution < 1.29 is 19.6 Å². The topological polar surface area (TPSA) is 65.9 Å². The normalized spacial score (nSPS) is 30.9. The third-order valence-corrected chi connectivity index (χ3v) is 5.24. The van der Waals surface area contributed by atoms with E-state index in [9.17, 15) is 0 Å². The van der Waals surface area contributed by atoms with Crippen LogP contribution in [0.3, 0.4) is 0 Å². The molecule has 0 bridgehead atoms. The lowest BCUT2D eigenvalue weighted by Gasteiger charge is -2.34. The predicted molar refractivity (Wildman–Crippen MR) is 90.3 cm³/mol. The summed E-state index contributed by atoms with van der Waals surface area (Å²) in [5.74, 6) is 0. The number of quaternary nitrogens is 4. The van der Waals surface area contributed by atoms with Crippen LogP contribution in [0.25, 0.3) is 0 Å². The van der Waals surface area contributed by atoms with Crippen LogP contribution in [0.2, 0.25) is 0 Å². The van der Waals surface area contributed by atoms with Crippen molar-refractivity contribution in [2.45, 2.75) is 0 Å². The van der Waals surface area contributed by atoms with E-state index in [-0.39, 0.29) is 0 Å². The van der Waals surface area contributed by atoms with Crippen LogP contribution < -0.4 is 40.9 Å². The third kappa shape index (κ3) is 4.61. The molecule has 0 saturated carbocycles. The largest absolute Gasteiger partial charge is 0.316 e. The monoisotopic (exact) mass is 348 g/mol. The highest BCUT2D eigenvalue weighted by molar-refractivity contribution is 7.80. The van der Waals surface area contributed by atoms with Gasteiger partial charge in [0.15, 0.2) is 36.9 Å². The maximum Gasteiger partial charge on any atom is 0.207 e. The molecule has 10 heteroatoms. The van der Waals surface area contributed by atoms with Gasteiger partial charge in [-0.1, -0.05) is 0 Å². The van der Waals surface area contributed by atoms with Gasteiger partial charge in [-0.15, -0.1) is 0 Å². The minimum atomic E-state index is 0.791. The number of rotatable bonds is 4. The van der Waals surface area contributed by atoms with Gasteiger partial charge in [0.05, 0.1) is 0 Å². The van der Waals surface area contributed by atoms with Crippen LogP contribution in [-0.2, 0) is 0 Å². The Kier molecular flexibility index (Phi) is 5.61. The van der Waals surface area contributed by atoms with Gasteiger partial charge in [0.25, 0.3) is 0 Å². The van der Waals surface area contributed by atoms with E-state index in [4.69, 9.17) is 24.4 Å². The molecule has 0 spiro atoms. The average Bonchev–Trinajstić information content (AvgIpc) is 2.54. The van der Waals surface area contributed by atoms with Crippen molar-refractivity contribution in [3.05, 3.63) is 0 Å². The summed E-state index contributed by atoms with van der Waals surface area (Å²) in [4.78, 5) is 6.49. The van der Waals surface area contributed by atoms with Crippen molar-refractivity contribution in [2.24, 2.45) is 0 Å². The molecule has 22 heavy (non-hydrogen) atoms. The first-order valence-corrected chi connectivity index (χ1v) is 8.88. The SMILES string of the molecule is S=C1NC[NH+](C[NH+]2CC[NH+](C[NH+]3CNC(=S)NC3)CC2)CN1. The van der Waals surface area contributed by atoms with Gasteiger partial charge in [0.1, 0.15) is 26.2 Å². The van der Waals surface area contributed by atoms with E-state index in [0.717, 1.165) is 36.9 Å². The second kappa shape index (κ2) is 7.66. The van der Waals surface area contributed by atoms with E-state index in [2.05, 4.69) is 21.3 Å².